The molecular formula is C29H36O2. The van der Waals surface area contributed by atoms with E-state index in [2.05, 4.69) is 56.9 Å². The Kier molecular flexibility index (Phi) is 6.54. The normalized spacial score (nSPS) is 33.5. The zero-order valence-corrected chi connectivity index (χ0v) is 19.3. The lowest BCUT2D eigenvalue weighted by Gasteiger charge is -2.51. The third kappa shape index (κ3) is 3.94. The minimum absolute atomic E-state index is 0.0251. The molecule has 3 aliphatic rings. The number of aliphatic hydroxyl groups is 1. The first kappa shape index (κ1) is 22.1. The second-order valence-corrected chi connectivity index (χ2v) is 9.90. The van der Waals surface area contributed by atoms with Gasteiger partial charge in [-0.25, -0.2) is 0 Å². The molecule has 31 heavy (non-hydrogen) atoms. The summed E-state index contributed by atoms with van der Waals surface area (Å²) in [6.07, 6.45) is 10.7. The summed E-state index contributed by atoms with van der Waals surface area (Å²) in [6.45, 7) is 6.64. The smallest absolute Gasteiger partial charge is 0.143 e. The quantitative estimate of drug-likeness (QED) is 0.353. The molecule has 1 N–H and O–H groups in total. The molecule has 4 rings (SSSR count). The predicted molar refractivity (Wildman–Crippen MR) is 127 cm³/mol. The van der Waals surface area contributed by atoms with Gasteiger partial charge in [-0.3, -0.25) is 4.79 Å². The summed E-state index contributed by atoms with van der Waals surface area (Å²) >= 11 is 0. The van der Waals surface area contributed by atoms with E-state index >= 15 is 0 Å². The van der Waals surface area contributed by atoms with Gasteiger partial charge in [-0.05, 0) is 90.7 Å². The SMILES string of the molecule is CCC#Cc1ccc(C2CC3(C)C(O)CCC3C3CC/C(=C/C=O)C(CCC)=C23)cc1. The standard InChI is InChI=1S/C29H36O2/c1-4-6-8-20-9-11-21(12-10-20)25-19-29(3)26(15-16-27(29)31)24-14-13-22(17-18-30)23(7-5-2)28(24)25/h9-12,17-18,24-27,31H,4-5,7,13-16,19H2,1-3H3/b22-17-. The summed E-state index contributed by atoms with van der Waals surface area (Å²) in [5.41, 5.74) is 6.64. The summed E-state index contributed by atoms with van der Waals surface area (Å²) in [4.78, 5) is 11.4. The molecule has 2 saturated carbocycles. The average molecular weight is 417 g/mol. The van der Waals surface area contributed by atoms with Gasteiger partial charge in [0.1, 0.15) is 6.29 Å². The number of carbonyl (C=O) groups excluding carboxylic acids is 1. The number of hydrogen-bond donors (Lipinski definition) is 1. The fourth-order valence-corrected chi connectivity index (χ4v) is 6.76. The van der Waals surface area contributed by atoms with Crippen LogP contribution in [0.2, 0.25) is 0 Å². The number of carbonyl (C=O) groups is 1. The van der Waals surface area contributed by atoms with Crippen molar-refractivity contribution in [2.75, 3.05) is 0 Å². The third-order valence-electron chi connectivity index (χ3n) is 8.22. The molecule has 164 valence electrons. The van der Waals surface area contributed by atoms with Crippen molar-refractivity contribution in [1.29, 1.82) is 0 Å². The zero-order valence-electron chi connectivity index (χ0n) is 19.3. The molecule has 0 saturated heterocycles. The molecule has 5 atom stereocenters. The number of allylic oxidation sites excluding steroid dienone is 4. The molecule has 2 fully saturated rings. The number of aliphatic hydroxyl groups excluding tert-OH is 1. The topological polar surface area (TPSA) is 37.3 Å². The second kappa shape index (κ2) is 9.17. The van der Waals surface area contributed by atoms with Gasteiger partial charge >= 0.3 is 0 Å². The van der Waals surface area contributed by atoms with Gasteiger partial charge in [-0.15, -0.1) is 0 Å². The minimum atomic E-state index is -0.210. The molecule has 0 amide bonds. The highest BCUT2D eigenvalue weighted by Crippen LogP contribution is 2.63. The van der Waals surface area contributed by atoms with Gasteiger partial charge in [0.15, 0.2) is 0 Å². The van der Waals surface area contributed by atoms with Crippen LogP contribution in [0.15, 0.2) is 47.1 Å². The van der Waals surface area contributed by atoms with Crippen LogP contribution >= 0.6 is 0 Å². The van der Waals surface area contributed by atoms with Gasteiger partial charge in [-0.2, -0.15) is 0 Å². The van der Waals surface area contributed by atoms with Crippen LogP contribution in [-0.4, -0.2) is 17.5 Å². The lowest BCUT2D eigenvalue weighted by molar-refractivity contribution is -0.104. The van der Waals surface area contributed by atoms with Crippen LogP contribution in [0.3, 0.4) is 0 Å². The summed E-state index contributed by atoms with van der Waals surface area (Å²) in [5.74, 6) is 7.77. The minimum Gasteiger partial charge on any atom is -0.393 e. The van der Waals surface area contributed by atoms with E-state index in [4.69, 9.17) is 0 Å². The summed E-state index contributed by atoms with van der Waals surface area (Å²) in [6, 6.07) is 8.80. The van der Waals surface area contributed by atoms with E-state index in [-0.39, 0.29) is 11.5 Å². The third-order valence-corrected chi connectivity index (χ3v) is 8.22. The Labute approximate surface area is 187 Å². The lowest BCUT2D eigenvalue weighted by atomic mass is 9.53. The van der Waals surface area contributed by atoms with Crippen molar-refractivity contribution >= 4 is 6.29 Å². The Morgan fingerprint density at radius 2 is 1.94 bits per heavy atom. The van der Waals surface area contributed by atoms with Crippen molar-refractivity contribution in [3.63, 3.8) is 0 Å². The molecule has 0 heterocycles. The first-order valence-corrected chi connectivity index (χ1v) is 12.2. The molecule has 2 heteroatoms. The Balaban J connectivity index is 1.84. The van der Waals surface area contributed by atoms with Gasteiger partial charge in [0.05, 0.1) is 6.10 Å². The monoisotopic (exact) mass is 416 g/mol. The molecule has 0 bridgehead atoms. The lowest BCUT2D eigenvalue weighted by Crippen LogP contribution is -2.44. The van der Waals surface area contributed by atoms with Gasteiger partial charge in [0.2, 0.25) is 0 Å². The van der Waals surface area contributed by atoms with Crippen molar-refractivity contribution in [1.82, 2.24) is 0 Å². The molecule has 0 radical (unpaired) electrons. The van der Waals surface area contributed by atoms with Gasteiger partial charge in [0, 0.05) is 17.9 Å². The number of rotatable bonds is 4. The van der Waals surface area contributed by atoms with Crippen molar-refractivity contribution in [3.8, 4) is 11.8 Å². The Hall–Kier alpha value is -2.11. The fourth-order valence-electron chi connectivity index (χ4n) is 6.76. The van der Waals surface area contributed by atoms with Crippen LogP contribution in [0.25, 0.3) is 0 Å². The van der Waals surface area contributed by atoms with Crippen molar-refractivity contribution < 1.29 is 9.90 Å². The maximum Gasteiger partial charge on any atom is 0.143 e. The molecule has 1 aromatic carbocycles. The average Bonchev–Trinajstić information content (AvgIpc) is 3.08. The number of fused-ring (bicyclic) bond motifs is 3. The summed E-state index contributed by atoms with van der Waals surface area (Å²) in [5, 5.41) is 11.0. The van der Waals surface area contributed by atoms with E-state index in [9.17, 15) is 9.90 Å². The van der Waals surface area contributed by atoms with E-state index in [1.165, 1.54) is 16.7 Å². The largest absolute Gasteiger partial charge is 0.393 e. The number of hydrogen-bond acceptors (Lipinski definition) is 2. The van der Waals surface area contributed by atoms with Gasteiger partial charge < -0.3 is 5.11 Å². The fraction of sp³-hybridized carbons (Fsp3) is 0.552. The first-order valence-electron chi connectivity index (χ1n) is 12.2. The van der Waals surface area contributed by atoms with E-state index in [0.29, 0.717) is 17.8 Å². The summed E-state index contributed by atoms with van der Waals surface area (Å²) < 4.78 is 0. The van der Waals surface area contributed by atoms with Crippen molar-refractivity contribution in [2.24, 2.45) is 17.3 Å². The highest BCUT2D eigenvalue weighted by Gasteiger charge is 2.56. The maximum atomic E-state index is 11.4. The van der Waals surface area contributed by atoms with E-state index in [1.54, 1.807) is 5.57 Å². The molecule has 0 aliphatic heterocycles. The first-order chi connectivity index (χ1) is 15.0. The highest BCUT2D eigenvalue weighted by molar-refractivity contribution is 5.69. The van der Waals surface area contributed by atoms with E-state index in [0.717, 1.165) is 63.2 Å². The second-order valence-electron chi connectivity index (χ2n) is 9.90. The van der Waals surface area contributed by atoms with Crippen molar-refractivity contribution in [3.05, 3.63) is 58.2 Å². The maximum absolute atomic E-state index is 11.4. The molecule has 5 unspecified atom stereocenters. The number of benzene rings is 1. The molecular weight excluding hydrogens is 380 g/mol. The Morgan fingerprint density at radius 3 is 2.61 bits per heavy atom. The van der Waals surface area contributed by atoms with Gasteiger partial charge in [0.25, 0.3) is 0 Å². The molecule has 2 nitrogen and oxygen atoms in total. The van der Waals surface area contributed by atoms with Crippen LogP contribution in [0.4, 0.5) is 0 Å². The van der Waals surface area contributed by atoms with Crippen molar-refractivity contribution in [2.45, 2.75) is 84.2 Å². The Morgan fingerprint density at radius 1 is 1.16 bits per heavy atom. The highest BCUT2D eigenvalue weighted by atomic mass is 16.3. The predicted octanol–water partition coefficient (Wildman–Crippen LogP) is 6.34. The van der Waals surface area contributed by atoms with Crippen LogP contribution in [-0.2, 0) is 4.79 Å². The van der Waals surface area contributed by atoms with Crippen LogP contribution in [0.1, 0.15) is 89.2 Å². The van der Waals surface area contributed by atoms with E-state index in [1.807, 2.05) is 6.08 Å². The zero-order chi connectivity index (χ0) is 22.0. The van der Waals surface area contributed by atoms with E-state index < -0.39 is 0 Å². The van der Waals surface area contributed by atoms with Gasteiger partial charge in [-0.1, -0.05) is 56.7 Å². The molecule has 3 aliphatic carbocycles. The van der Waals surface area contributed by atoms with Crippen LogP contribution in [0, 0.1) is 29.1 Å². The molecule has 0 aromatic heterocycles. The Bertz CT molecular complexity index is 939. The molecule has 0 spiro atoms. The van der Waals surface area contributed by atoms with Crippen LogP contribution < -0.4 is 0 Å². The van der Waals surface area contributed by atoms with Crippen LogP contribution in [0.5, 0.6) is 0 Å². The summed E-state index contributed by atoms with van der Waals surface area (Å²) in [7, 11) is 0. The number of aldehydes is 1. The molecule has 1 aromatic rings.